The van der Waals surface area contributed by atoms with Crippen LogP contribution in [0.15, 0.2) is 0 Å². The lowest BCUT2D eigenvalue weighted by Gasteiger charge is -2.23. The van der Waals surface area contributed by atoms with Gasteiger partial charge in [-0.25, -0.2) is 4.79 Å². The van der Waals surface area contributed by atoms with Crippen molar-refractivity contribution < 1.29 is 14.3 Å². The number of aryl methyl sites for hydroxylation is 1. The van der Waals surface area contributed by atoms with Crippen molar-refractivity contribution >= 4 is 11.8 Å². The number of esters is 1. The zero-order chi connectivity index (χ0) is 14.7. The Balaban J connectivity index is 2.48. The molecule has 0 bridgehead atoms. The number of rotatable bonds is 4. The van der Waals surface area contributed by atoms with Crippen molar-refractivity contribution in [2.75, 3.05) is 6.61 Å². The van der Waals surface area contributed by atoms with Gasteiger partial charge in [-0.05, 0) is 45.1 Å². The fraction of sp³-hybridized carbons (Fsp3) is 0.625. The summed E-state index contributed by atoms with van der Waals surface area (Å²) in [6.45, 7) is 5.56. The van der Waals surface area contributed by atoms with E-state index in [0.717, 1.165) is 36.9 Å². The topological polar surface area (TPSA) is 59.2 Å². The predicted octanol–water partition coefficient (Wildman–Crippen LogP) is 3.75. The molecule has 0 aromatic carbocycles. The van der Waals surface area contributed by atoms with Crippen molar-refractivity contribution in [3.8, 4) is 0 Å². The summed E-state index contributed by atoms with van der Waals surface area (Å²) in [4.78, 5) is 27.2. The SMILES string of the molecule is CCOC(=O)c1[nH]c(C)c(C(C)=O)c1C1CCCCC1. The second-order valence-corrected chi connectivity index (χ2v) is 5.53. The molecule has 0 atom stereocenters. The van der Waals surface area contributed by atoms with Gasteiger partial charge in [0.1, 0.15) is 5.69 Å². The molecule has 4 heteroatoms. The number of ether oxygens (including phenoxy) is 1. The lowest BCUT2D eigenvalue weighted by molar-refractivity contribution is 0.0518. The summed E-state index contributed by atoms with van der Waals surface area (Å²) >= 11 is 0. The van der Waals surface area contributed by atoms with Crippen molar-refractivity contribution in [3.63, 3.8) is 0 Å². The van der Waals surface area contributed by atoms with Crippen molar-refractivity contribution in [3.05, 3.63) is 22.5 Å². The third kappa shape index (κ3) is 2.79. The molecule has 1 aromatic rings. The third-order valence-corrected chi connectivity index (χ3v) is 4.07. The summed E-state index contributed by atoms with van der Waals surface area (Å²) in [6, 6.07) is 0. The minimum absolute atomic E-state index is 0.0230. The summed E-state index contributed by atoms with van der Waals surface area (Å²) < 4.78 is 5.13. The largest absolute Gasteiger partial charge is 0.461 e. The van der Waals surface area contributed by atoms with Gasteiger partial charge in [0.15, 0.2) is 5.78 Å². The van der Waals surface area contributed by atoms with Crippen LogP contribution in [-0.2, 0) is 4.74 Å². The predicted molar refractivity (Wildman–Crippen MR) is 77.3 cm³/mol. The van der Waals surface area contributed by atoms with E-state index in [1.807, 2.05) is 6.92 Å². The van der Waals surface area contributed by atoms with E-state index in [-0.39, 0.29) is 11.8 Å². The standard InChI is InChI=1S/C16H23NO3/c1-4-20-16(19)15-14(12-8-6-5-7-9-12)13(11(3)18)10(2)17-15/h12,17H,4-9H2,1-3H3. The Labute approximate surface area is 119 Å². The Kier molecular flexibility index (Phi) is 4.63. The van der Waals surface area contributed by atoms with Crippen LogP contribution in [-0.4, -0.2) is 23.3 Å². The summed E-state index contributed by atoms with van der Waals surface area (Å²) in [5.41, 5.74) is 2.86. The lowest BCUT2D eigenvalue weighted by atomic mass is 9.81. The first-order valence-electron chi connectivity index (χ1n) is 7.46. The molecule has 0 amide bonds. The van der Waals surface area contributed by atoms with Crippen molar-refractivity contribution in [2.24, 2.45) is 0 Å². The molecule has 1 heterocycles. The highest BCUT2D eigenvalue weighted by atomic mass is 16.5. The number of hydrogen-bond donors (Lipinski definition) is 1. The van der Waals surface area contributed by atoms with Crippen LogP contribution in [0.5, 0.6) is 0 Å². The minimum atomic E-state index is -0.344. The average molecular weight is 277 g/mol. The fourth-order valence-electron chi connectivity index (χ4n) is 3.26. The van der Waals surface area contributed by atoms with E-state index < -0.39 is 0 Å². The molecule has 0 radical (unpaired) electrons. The first-order chi connectivity index (χ1) is 9.56. The van der Waals surface area contributed by atoms with E-state index in [2.05, 4.69) is 4.98 Å². The molecule has 1 saturated carbocycles. The van der Waals surface area contributed by atoms with Crippen LogP contribution in [0.2, 0.25) is 0 Å². The first kappa shape index (κ1) is 14.8. The molecule has 0 unspecified atom stereocenters. The van der Waals surface area contributed by atoms with Crippen molar-refractivity contribution in [2.45, 2.75) is 58.8 Å². The molecule has 4 nitrogen and oxygen atoms in total. The Bertz CT molecular complexity index is 510. The average Bonchev–Trinajstić information content (AvgIpc) is 2.78. The fourth-order valence-corrected chi connectivity index (χ4v) is 3.26. The lowest BCUT2D eigenvalue weighted by Crippen LogP contribution is -2.14. The second-order valence-electron chi connectivity index (χ2n) is 5.53. The van der Waals surface area contributed by atoms with Crippen LogP contribution in [0.4, 0.5) is 0 Å². The molecule has 0 spiro atoms. The van der Waals surface area contributed by atoms with E-state index in [1.54, 1.807) is 13.8 Å². The van der Waals surface area contributed by atoms with Crippen LogP contribution >= 0.6 is 0 Å². The van der Waals surface area contributed by atoms with E-state index in [4.69, 9.17) is 4.74 Å². The third-order valence-electron chi connectivity index (χ3n) is 4.07. The monoisotopic (exact) mass is 277 g/mol. The molecular formula is C16H23NO3. The Morgan fingerprint density at radius 3 is 2.45 bits per heavy atom. The Morgan fingerprint density at radius 1 is 1.25 bits per heavy atom. The maximum atomic E-state index is 12.1. The number of carbonyl (C=O) groups is 2. The molecule has 20 heavy (non-hydrogen) atoms. The summed E-state index contributed by atoms with van der Waals surface area (Å²) in [5, 5.41) is 0. The van der Waals surface area contributed by atoms with Gasteiger partial charge in [-0.15, -0.1) is 0 Å². The number of aromatic nitrogens is 1. The van der Waals surface area contributed by atoms with Gasteiger partial charge in [-0.1, -0.05) is 19.3 Å². The maximum absolute atomic E-state index is 12.1. The van der Waals surface area contributed by atoms with Crippen molar-refractivity contribution in [1.29, 1.82) is 0 Å². The number of nitrogens with one attached hydrogen (secondary N) is 1. The number of ketones is 1. The van der Waals surface area contributed by atoms with Crippen LogP contribution in [0.3, 0.4) is 0 Å². The molecule has 110 valence electrons. The van der Waals surface area contributed by atoms with Crippen LogP contribution < -0.4 is 0 Å². The van der Waals surface area contributed by atoms with Crippen LogP contribution in [0, 0.1) is 6.92 Å². The van der Waals surface area contributed by atoms with E-state index in [9.17, 15) is 9.59 Å². The highest BCUT2D eigenvalue weighted by molar-refractivity contribution is 6.01. The molecule has 1 aliphatic carbocycles. The molecular weight excluding hydrogens is 254 g/mol. The van der Waals surface area contributed by atoms with E-state index >= 15 is 0 Å². The highest BCUT2D eigenvalue weighted by Crippen LogP contribution is 2.38. The number of H-pyrrole nitrogens is 1. The Hall–Kier alpha value is -1.58. The van der Waals surface area contributed by atoms with Gasteiger partial charge in [0.25, 0.3) is 0 Å². The summed E-state index contributed by atoms with van der Waals surface area (Å²) in [6.07, 6.45) is 5.65. The number of Topliss-reactive ketones (excluding diaryl/α,β-unsaturated/α-hetero) is 1. The number of aromatic amines is 1. The van der Waals surface area contributed by atoms with Gasteiger partial charge in [-0.2, -0.15) is 0 Å². The summed E-state index contributed by atoms with van der Waals surface area (Å²) in [7, 11) is 0. The van der Waals surface area contributed by atoms with Gasteiger partial charge in [0.2, 0.25) is 0 Å². The van der Waals surface area contributed by atoms with Gasteiger partial charge in [0.05, 0.1) is 6.61 Å². The van der Waals surface area contributed by atoms with Gasteiger partial charge in [0, 0.05) is 11.3 Å². The molecule has 1 aromatic heterocycles. The smallest absolute Gasteiger partial charge is 0.355 e. The quantitative estimate of drug-likeness (QED) is 0.673. The van der Waals surface area contributed by atoms with Crippen LogP contribution in [0.1, 0.15) is 84.0 Å². The van der Waals surface area contributed by atoms with Gasteiger partial charge in [-0.3, -0.25) is 4.79 Å². The second kappa shape index (κ2) is 6.25. The number of carbonyl (C=O) groups excluding carboxylic acids is 2. The molecule has 2 rings (SSSR count). The molecule has 1 N–H and O–H groups in total. The molecule has 0 saturated heterocycles. The number of hydrogen-bond acceptors (Lipinski definition) is 3. The molecule has 1 aliphatic rings. The normalized spacial score (nSPS) is 16.1. The Morgan fingerprint density at radius 2 is 1.90 bits per heavy atom. The highest BCUT2D eigenvalue weighted by Gasteiger charge is 2.29. The first-order valence-corrected chi connectivity index (χ1v) is 7.46. The summed E-state index contributed by atoms with van der Waals surface area (Å²) in [5.74, 6) is -0.0226. The minimum Gasteiger partial charge on any atom is -0.461 e. The molecule has 0 aliphatic heterocycles. The van der Waals surface area contributed by atoms with E-state index in [1.165, 1.54) is 6.42 Å². The molecule has 1 fully saturated rings. The van der Waals surface area contributed by atoms with Crippen LogP contribution in [0.25, 0.3) is 0 Å². The van der Waals surface area contributed by atoms with E-state index in [0.29, 0.717) is 23.8 Å². The zero-order valence-electron chi connectivity index (χ0n) is 12.5. The van der Waals surface area contributed by atoms with Gasteiger partial charge < -0.3 is 9.72 Å². The zero-order valence-corrected chi connectivity index (χ0v) is 12.5. The maximum Gasteiger partial charge on any atom is 0.355 e. The van der Waals surface area contributed by atoms with Gasteiger partial charge >= 0.3 is 5.97 Å². The van der Waals surface area contributed by atoms with Crippen molar-refractivity contribution in [1.82, 2.24) is 4.98 Å².